The van der Waals surface area contributed by atoms with Crippen LogP contribution in [0, 0.1) is 5.82 Å². The third kappa shape index (κ3) is 5.33. The number of ether oxygens (including phenoxy) is 2. The fourth-order valence-corrected chi connectivity index (χ4v) is 3.37. The number of hydrogen-bond acceptors (Lipinski definition) is 5. The molecule has 0 fully saturated rings. The SMILES string of the molecule is COc1ccc(-c2nc(NC(=O)Cc3cccc(OC)c3)cnc2-c2ccc(F)cc2)cc1. The van der Waals surface area contributed by atoms with E-state index < -0.39 is 0 Å². The molecule has 0 unspecified atom stereocenters. The summed E-state index contributed by atoms with van der Waals surface area (Å²) >= 11 is 0. The Morgan fingerprint density at radius 2 is 1.55 bits per heavy atom. The maximum absolute atomic E-state index is 13.4. The van der Waals surface area contributed by atoms with Crippen molar-refractivity contribution in [2.75, 3.05) is 19.5 Å². The van der Waals surface area contributed by atoms with E-state index in [9.17, 15) is 9.18 Å². The van der Waals surface area contributed by atoms with Crippen molar-refractivity contribution in [1.29, 1.82) is 0 Å². The van der Waals surface area contributed by atoms with E-state index in [4.69, 9.17) is 9.47 Å². The second kappa shape index (κ2) is 9.91. The fraction of sp³-hybridized carbons (Fsp3) is 0.115. The van der Waals surface area contributed by atoms with Crippen molar-refractivity contribution in [2.24, 2.45) is 0 Å². The lowest BCUT2D eigenvalue weighted by atomic mass is 10.0. The van der Waals surface area contributed by atoms with Crippen molar-refractivity contribution in [3.05, 3.63) is 90.4 Å². The summed E-state index contributed by atoms with van der Waals surface area (Å²) < 4.78 is 23.9. The molecule has 1 aromatic heterocycles. The number of methoxy groups -OCH3 is 2. The predicted octanol–water partition coefficient (Wildman–Crippen LogP) is 5.15. The van der Waals surface area contributed by atoms with Gasteiger partial charge in [-0.1, -0.05) is 12.1 Å². The number of aromatic nitrogens is 2. The first-order valence-corrected chi connectivity index (χ1v) is 10.3. The molecule has 0 saturated heterocycles. The van der Waals surface area contributed by atoms with Crippen LogP contribution in [0.4, 0.5) is 10.2 Å². The van der Waals surface area contributed by atoms with Crippen LogP contribution in [0.25, 0.3) is 22.5 Å². The molecule has 0 radical (unpaired) electrons. The number of halogens is 1. The number of amides is 1. The molecule has 0 atom stereocenters. The van der Waals surface area contributed by atoms with Gasteiger partial charge >= 0.3 is 0 Å². The van der Waals surface area contributed by atoms with Gasteiger partial charge in [-0.25, -0.2) is 9.37 Å². The Hall–Kier alpha value is -4.26. The Labute approximate surface area is 191 Å². The molecule has 0 saturated carbocycles. The minimum atomic E-state index is -0.334. The summed E-state index contributed by atoms with van der Waals surface area (Å²) in [7, 11) is 3.18. The molecule has 4 rings (SSSR count). The highest BCUT2D eigenvalue weighted by molar-refractivity contribution is 5.92. The van der Waals surface area contributed by atoms with Gasteiger partial charge in [-0.05, 0) is 66.2 Å². The molecule has 7 heteroatoms. The van der Waals surface area contributed by atoms with Gasteiger partial charge in [-0.3, -0.25) is 9.78 Å². The number of benzene rings is 3. The Morgan fingerprint density at radius 1 is 0.879 bits per heavy atom. The quantitative estimate of drug-likeness (QED) is 0.428. The Morgan fingerprint density at radius 3 is 2.24 bits per heavy atom. The molecule has 33 heavy (non-hydrogen) atoms. The van der Waals surface area contributed by atoms with E-state index in [1.54, 1.807) is 26.4 Å². The van der Waals surface area contributed by atoms with E-state index >= 15 is 0 Å². The largest absolute Gasteiger partial charge is 0.497 e. The Bertz CT molecular complexity index is 1260. The van der Waals surface area contributed by atoms with Crippen LogP contribution in [-0.2, 0) is 11.2 Å². The van der Waals surface area contributed by atoms with Crippen molar-refractivity contribution < 1.29 is 18.7 Å². The topological polar surface area (TPSA) is 73.3 Å². The molecule has 0 aliphatic carbocycles. The van der Waals surface area contributed by atoms with Gasteiger partial charge in [0.25, 0.3) is 0 Å². The number of rotatable bonds is 7. The number of nitrogens with zero attached hydrogens (tertiary/aromatic N) is 2. The monoisotopic (exact) mass is 443 g/mol. The summed E-state index contributed by atoms with van der Waals surface area (Å²) in [6.07, 6.45) is 1.66. The van der Waals surface area contributed by atoms with Gasteiger partial charge in [0, 0.05) is 11.1 Å². The normalized spacial score (nSPS) is 10.5. The zero-order chi connectivity index (χ0) is 23.2. The molecule has 1 amide bonds. The maximum atomic E-state index is 13.4. The molecule has 3 aromatic carbocycles. The molecular weight excluding hydrogens is 421 g/mol. The van der Waals surface area contributed by atoms with Gasteiger partial charge in [0.2, 0.25) is 5.91 Å². The first-order chi connectivity index (χ1) is 16.1. The lowest BCUT2D eigenvalue weighted by Gasteiger charge is -2.12. The van der Waals surface area contributed by atoms with E-state index in [0.29, 0.717) is 34.3 Å². The maximum Gasteiger partial charge on any atom is 0.229 e. The van der Waals surface area contributed by atoms with Crippen molar-refractivity contribution in [2.45, 2.75) is 6.42 Å². The first-order valence-electron chi connectivity index (χ1n) is 10.3. The number of carbonyl (C=O) groups is 1. The van der Waals surface area contributed by atoms with Crippen molar-refractivity contribution in [1.82, 2.24) is 9.97 Å². The summed E-state index contributed by atoms with van der Waals surface area (Å²) in [4.78, 5) is 21.8. The number of carbonyl (C=O) groups excluding carboxylic acids is 1. The van der Waals surface area contributed by atoms with Gasteiger partial charge in [0.1, 0.15) is 17.3 Å². The Balaban J connectivity index is 1.65. The zero-order valence-corrected chi connectivity index (χ0v) is 18.2. The molecule has 1 heterocycles. The van der Waals surface area contributed by atoms with Gasteiger partial charge in [-0.2, -0.15) is 0 Å². The Kier molecular flexibility index (Phi) is 6.59. The van der Waals surface area contributed by atoms with Crippen LogP contribution >= 0.6 is 0 Å². The minimum absolute atomic E-state index is 0.163. The molecule has 0 spiro atoms. The third-order valence-electron chi connectivity index (χ3n) is 5.02. The zero-order valence-electron chi connectivity index (χ0n) is 18.2. The second-order valence-electron chi connectivity index (χ2n) is 7.26. The highest BCUT2D eigenvalue weighted by atomic mass is 19.1. The van der Waals surface area contributed by atoms with E-state index in [1.807, 2.05) is 48.5 Å². The van der Waals surface area contributed by atoms with Crippen LogP contribution in [0.3, 0.4) is 0 Å². The molecule has 4 aromatic rings. The van der Waals surface area contributed by atoms with Gasteiger partial charge < -0.3 is 14.8 Å². The summed E-state index contributed by atoms with van der Waals surface area (Å²) in [6, 6.07) is 20.7. The molecule has 1 N–H and O–H groups in total. The number of nitrogens with one attached hydrogen (secondary N) is 1. The molecule has 6 nitrogen and oxygen atoms in total. The van der Waals surface area contributed by atoms with Crippen LogP contribution in [-0.4, -0.2) is 30.1 Å². The fourth-order valence-electron chi connectivity index (χ4n) is 3.37. The smallest absolute Gasteiger partial charge is 0.229 e. The molecule has 0 bridgehead atoms. The average molecular weight is 443 g/mol. The second-order valence-corrected chi connectivity index (χ2v) is 7.26. The lowest BCUT2D eigenvalue weighted by molar-refractivity contribution is -0.115. The summed E-state index contributed by atoms with van der Waals surface area (Å²) in [5, 5.41) is 2.81. The summed E-state index contributed by atoms with van der Waals surface area (Å²) in [6.45, 7) is 0. The van der Waals surface area contributed by atoms with Gasteiger partial charge in [0.15, 0.2) is 5.82 Å². The van der Waals surface area contributed by atoms with Crippen molar-refractivity contribution in [3.63, 3.8) is 0 Å². The minimum Gasteiger partial charge on any atom is -0.497 e. The lowest BCUT2D eigenvalue weighted by Crippen LogP contribution is -2.16. The van der Waals surface area contributed by atoms with E-state index in [2.05, 4.69) is 15.3 Å². The van der Waals surface area contributed by atoms with Crippen LogP contribution < -0.4 is 14.8 Å². The van der Waals surface area contributed by atoms with Crippen LogP contribution in [0.15, 0.2) is 79.0 Å². The number of anilines is 1. The summed E-state index contributed by atoms with van der Waals surface area (Å²) in [5.74, 6) is 1.15. The third-order valence-corrected chi connectivity index (χ3v) is 5.02. The van der Waals surface area contributed by atoms with Crippen LogP contribution in [0.2, 0.25) is 0 Å². The van der Waals surface area contributed by atoms with E-state index in [1.165, 1.54) is 18.3 Å². The highest BCUT2D eigenvalue weighted by Crippen LogP contribution is 2.31. The van der Waals surface area contributed by atoms with Crippen molar-refractivity contribution >= 4 is 11.7 Å². The molecular formula is C26H22FN3O3. The standard InChI is InChI=1S/C26H22FN3O3/c1-32-21-12-8-19(9-13-21)26-25(18-6-10-20(27)11-7-18)28-16-23(30-26)29-24(31)15-17-4-3-5-22(14-17)33-2/h3-14,16H,15H2,1-2H3,(H,29,30,31). The van der Waals surface area contributed by atoms with Crippen LogP contribution in [0.1, 0.15) is 5.56 Å². The summed E-state index contributed by atoms with van der Waals surface area (Å²) in [5.41, 5.74) is 3.45. The van der Waals surface area contributed by atoms with Gasteiger partial charge in [0.05, 0.1) is 38.2 Å². The molecule has 0 aliphatic heterocycles. The van der Waals surface area contributed by atoms with Crippen molar-refractivity contribution in [3.8, 4) is 34.0 Å². The van der Waals surface area contributed by atoms with E-state index in [-0.39, 0.29) is 18.1 Å². The van der Waals surface area contributed by atoms with Crippen LogP contribution in [0.5, 0.6) is 11.5 Å². The average Bonchev–Trinajstić information content (AvgIpc) is 2.85. The highest BCUT2D eigenvalue weighted by Gasteiger charge is 2.14. The molecule has 166 valence electrons. The molecule has 0 aliphatic rings. The number of hydrogen-bond donors (Lipinski definition) is 1. The van der Waals surface area contributed by atoms with Gasteiger partial charge in [-0.15, -0.1) is 0 Å². The first kappa shape index (κ1) is 22.0. The van der Waals surface area contributed by atoms with E-state index in [0.717, 1.165) is 11.1 Å². The predicted molar refractivity (Wildman–Crippen MR) is 125 cm³/mol.